The summed E-state index contributed by atoms with van der Waals surface area (Å²) in [5.41, 5.74) is -0.628. The number of rotatable bonds is 8. The fraction of sp³-hybridized carbons (Fsp3) is 0.387. The van der Waals surface area contributed by atoms with Gasteiger partial charge in [-0.25, -0.2) is 14.4 Å². The van der Waals surface area contributed by atoms with Gasteiger partial charge in [-0.05, 0) is 49.3 Å². The van der Waals surface area contributed by atoms with E-state index in [2.05, 4.69) is 38.8 Å². The SMILES string of the molecule is Cc1cn([C@H]2C[C@H](O[Si](C)(C)C(C)(C)C)[C@@H](COC(=O)c3ccccc3C(=O)Oc3ccccc3C#N)O2)c(=O)[nH]c1=O. The van der Waals surface area contributed by atoms with Crippen LogP contribution in [0, 0.1) is 18.3 Å². The molecule has 11 nitrogen and oxygen atoms in total. The summed E-state index contributed by atoms with van der Waals surface area (Å²) in [7, 11) is -2.31. The average molecular weight is 606 g/mol. The van der Waals surface area contributed by atoms with E-state index in [-0.39, 0.29) is 34.1 Å². The zero-order valence-corrected chi connectivity index (χ0v) is 26.0. The molecule has 0 radical (unpaired) electrons. The lowest BCUT2D eigenvalue weighted by Crippen LogP contribution is -2.46. The molecular formula is C31H35N3O8Si. The van der Waals surface area contributed by atoms with Crippen molar-refractivity contribution in [3.05, 3.63) is 97.8 Å². The molecule has 2 aromatic carbocycles. The van der Waals surface area contributed by atoms with Crippen LogP contribution in [0.15, 0.2) is 64.3 Å². The van der Waals surface area contributed by atoms with E-state index >= 15 is 0 Å². The van der Waals surface area contributed by atoms with E-state index in [9.17, 15) is 24.4 Å². The second-order valence-corrected chi connectivity index (χ2v) is 16.7. The largest absolute Gasteiger partial charge is 0.459 e. The fourth-order valence-electron chi connectivity index (χ4n) is 4.38. The molecule has 1 aliphatic heterocycles. The monoisotopic (exact) mass is 605 g/mol. The lowest BCUT2D eigenvalue weighted by molar-refractivity contribution is -0.0514. The molecule has 0 aliphatic carbocycles. The number of aryl methyl sites for hydroxylation is 1. The Bertz CT molecular complexity index is 1680. The predicted octanol–water partition coefficient (Wildman–Crippen LogP) is 4.47. The standard InChI is InChI=1S/C31H35N3O8Si/c1-19-17-34(30(38)33-27(19)35)26-15-24(42-43(5,6)31(2,3)4)25(40-26)18-39-28(36)21-12-8-9-13-22(21)29(37)41-23-14-10-7-11-20(23)16-32/h7-14,17,24-26H,15,18H2,1-6H3,(H,33,35,38)/t24-,25+,26+/m0/s1. The van der Waals surface area contributed by atoms with Gasteiger partial charge in [-0.2, -0.15) is 5.26 Å². The highest BCUT2D eigenvalue weighted by atomic mass is 28.4. The highest BCUT2D eigenvalue weighted by Gasteiger charge is 2.45. The molecule has 0 amide bonds. The van der Waals surface area contributed by atoms with E-state index in [1.165, 1.54) is 35.0 Å². The third-order valence-corrected chi connectivity index (χ3v) is 12.3. The number of aromatic amines is 1. The molecule has 0 spiro atoms. The number of esters is 2. The predicted molar refractivity (Wildman–Crippen MR) is 159 cm³/mol. The third-order valence-electron chi connectivity index (χ3n) is 7.84. The van der Waals surface area contributed by atoms with Crippen molar-refractivity contribution < 1.29 is 28.2 Å². The Kier molecular flexibility index (Phi) is 9.20. The zero-order chi connectivity index (χ0) is 31.5. The number of nitrogens with one attached hydrogen (secondary N) is 1. The van der Waals surface area contributed by atoms with Gasteiger partial charge in [0.05, 0.1) is 22.8 Å². The van der Waals surface area contributed by atoms with Gasteiger partial charge in [-0.1, -0.05) is 45.0 Å². The number of benzene rings is 2. The first-order valence-corrected chi connectivity index (χ1v) is 16.8. The van der Waals surface area contributed by atoms with Crippen molar-refractivity contribution in [2.75, 3.05) is 6.61 Å². The van der Waals surface area contributed by atoms with E-state index in [0.717, 1.165) is 0 Å². The molecule has 0 unspecified atom stereocenters. The second kappa shape index (κ2) is 12.5. The Morgan fingerprint density at radius 3 is 2.35 bits per heavy atom. The van der Waals surface area contributed by atoms with Gasteiger partial charge in [0.2, 0.25) is 0 Å². The number of ether oxygens (including phenoxy) is 3. The van der Waals surface area contributed by atoms with Crippen LogP contribution in [0.2, 0.25) is 18.1 Å². The fourth-order valence-corrected chi connectivity index (χ4v) is 5.74. The number of hydrogen-bond donors (Lipinski definition) is 1. The van der Waals surface area contributed by atoms with E-state index < -0.39 is 49.9 Å². The Balaban J connectivity index is 1.55. The Hall–Kier alpha value is -4.31. The van der Waals surface area contributed by atoms with Gasteiger partial charge in [0.15, 0.2) is 8.32 Å². The molecule has 1 fully saturated rings. The molecule has 1 saturated heterocycles. The number of carbonyl (C=O) groups excluding carboxylic acids is 2. The molecule has 2 heterocycles. The Labute approximate surface area is 250 Å². The van der Waals surface area contributed by atoms with Gasteiger partial charge >= 0.3 is 17.6 Å². The van der Waals surface area contributed by atoms with Gasteiger partial charge in [-0.15, -0.1) is 0 Å². The number of hydrogen-bond acceptors (Lipinski definition) is 9. The van der Waals surface area contributed by atoms with Crippen LogP contribution in [-0.2, 0) is 13.9 Å². The highest BCUT2D eigenvalue weighted by molar-refractivity contribution is 6.74. The summed E-state index contributed by atoms with van der Waals surface area (Å²) in [5.74, 6) is -1.53. The van der Waals surface area contributed by atoms with Crippen molar-refractivity contribution >= 4 is 20.3 Å². The van der Waals surface area contributed by atoms with E-state index in [4.69, 9.17) is 18.6 Å². The number of nitrogens with zero attached hydrogens (tertiary/aromatic N) is 2. The quantitative estimate of drug-likeness (QED) is 0.223. The molecule has 43 heavy (non-hydrogen) atoms. The Morgan fingerprint density at radius 1 is 1.07 bits per heavy atom. The van der Waals surface area contributed by atoms with Gasteiger partial charge in [0.25, 0.3) is 5.56 Å². The Morgan fingerprint density at radius 2 is 1.70 bits per heavy atom. The van der Waals surface area contributed by atoms with Crippen LogP contribution in [-0.4, -0.2) is 48.6 Å². The number of nitriles is 1. The zero-order valence-electron chi connectivity index (χ0n) is 25.0. The molecule has 226 valence electrons. The van der Waals surface area contributed by atoms with Crippen molar-refractivity contribution in [3.8, 4) is 11.8 Å². The van der Waals surface area contributed by atoms with E-state index in [1.54, 1.807) is 31.2 Å². The topological polar surface area (TPSA) is 150 Å². The smallest absolute Gasteiger partial charge is 0.344 e. The summed E-state index contributed by atoms with van der Waals surface area (Å²) in [4.78, 5) is 53.1. The van der Waals surface area contributed by atoms with Gasteiger partial charge in [-0.3, -0.25) is 14.3 Å². The van der Waals surface area contributed by atoms with E-state index in [0.29, 0.717) is 12.0 Å². The van der Waals surface area contributed by atoms with Crippen molar-refractivity contribution in [1.82, 2.24) is 9.55 Å². The molecule has 1 aromatic heterocycles. The van der Waals surface area contributed by atoms with Gasteiger partial charge < -0.3 is 18.6 Å². The first-order chi connectivity index (χ1) is 20.2. The van der Waals surface area contributed by atoms with Gasteiger partial charge in [0, 0.05) is 18.2 Å². The third kappa shape index (κ3) is 7.02. The molecule has 3 aromatic rings. The summed E-state index contributed by atoms with van der Waals surface area (Å²) < 4.78 is 25.2. The van der Waals surface area contributed by atoms with Crippen LogP contribution < -0.4 is 16.0 Å². The molecule has 4 rings (SSSR count). The van der Waals surface area contributed by atoms with Crippen molar-refractivity contribution in [2.45, 2.75) is 70.7 Å². The summed E-state index contributed by atoms with van der Waals surface area (Å²) in [5, 5.41) is 9.19. The number of H-pyrrole nitrogens is 1. The summed E-state index contributed by atoms with van der Waals surface area (Å²) in [6.45, 7) is 11.9. The highest BCUT2D eigenvalue weighted by Crippen LogP contribution is 2.41. The molecule has 1 aliphatic rings. The number of para-hydroxylation sites is 1. The molecule has 0 bridgehead atoms. The van der Waals surface area contributed by atoms with Gasteiger partial charge in [0.1, 0.15) is 30.8 Å². The second-order valence-electron chi connectivity index (χ2n) is 11.9. The minimum Gasteiger partial charge on any atom is -0.459 e. The molecule has 3 atom stereocenters. The lowest BCUT2D eigenvalue weighted by Gasteiger charge is -2.39. The van der Waals surface area contributed by atoms with Crippen LogP contribution >= 0.6 is 0 Å². The van der Waals surface area contributed by atoms with Crippen LogP contribution in [0.1, 0.15) is 65.3 Å². The normalized spacial score (nSPS) is 18.6. The summed E-state index contributed by atoms with van der Waals surface area (Å²) in [6, 6.07) is 14.3. The van der Waals surface area contributed by atoms with Crippen LogP contribution in [0.3, 0.4) is 0 Å². The number of aromatic nitrogens is 2. The first-order valence-electron chi connectivity index (χ1n) is 13.8. The molecular weight excluding hydrogens is 570 g/mol. The minimum atomic E-state index is -2.31. The summed E-state index contributed by atoms with van der Waals surface area (Å²) >= 11 is 0. The van der Waals surface area contributed by atoms with Crippen molar-refractivity contribution in [2.24, 2.45) is 0 Å². The maximum atomic E-state index is 13.3. The van der Waals surface area contributed by atoms with Crippen molar-refractivity contribution in [1.29, 1.82) is 5.26 Å². The minimum absolute atomic E-state index is 0.0224. The molecule has 1 N–H and O–H groups in total. The molecule has 0 saturated carbocycles. The maximum absolute atomic E-state index is 13.3. The average Bonchev–Trinajstić information content (AvgIpc) is 3.34. The number of carbonyl (C=O) groups is 2. The van der Waals surface area contributed by atoms with Crippen molar-refractivity contribution in [3.63, 3.8) is 0 Å². The first kappa shape index (κ1) is 31.6. The summed E-state index contributed by atoms with van der Waals surface area (Å²) in [6.07, 6.45) is -0.273. The molecule has 12 heteroatoms. The van der Waals surface area contributed by atoms with E-state index in [1.807, 2.05) is 6.07 Å². The van der Waals surface area contributed by atoms with Crippen LogP contribution in [0.25, 0.3) is 0 Å². The lowest BCUT2D eigenvalue weighted by atomic mass is 10.1. The van der Waals surface area contributed by atoms with Crippen LogP contribution in [0.5, 0.6) is 5.75 Å². The maximum Gasteiger partial charge on any atom is 0.344 e. The van der Waals surface area contributed by atoms with Crippen LogP contribution in [0.4, 0.5) is 0 Å².